The summed E-state index contributed by atoms with van der Waals surface area (Å²) < 4.78 is 17.5. The summed E-state index contributed by atoms with van der Waals surface area (Å²) in [5, 5.41) is 76.3. The average molecular weight is 1160 g/mol. The molecule has 5 heterocycles. The van der Waals surface area contributed by atoms with Crippen molar-refractivity contribution in [3.8, 4) is 57.1 Å². The Morgan fingerprint density at radius 3 is 2.00 bits per heavy atom. The lowest BCUT2D eigenvalue weighted by molar-refractivity contribution is -0.146. The first-order valence-electron chi connectivity index (χ1n) is 25.7. The maximum absolute atomic E-state index is 15.5. The lowest BCUT2D eigenvalue weighted by Gasteiger charge is -2.31. The second kappa shape index (κ2) is 25.0. The Morgan fingerprint density at radius 1 is 0.716 bits per heavy atom. The lowest BCUT2D eigenvalue weighted by Crippen LogP contribution is -2.57. The molecule has 6 amide bonds. The molecule has 0 radical (unpaired) electrons. The molecule has 428 valence electrons. The highest BCUT2D eigenvalue weighted by Crippen LogP contribution is 2.47. The molecule has 8 atom stereocenters. The van der Waals surface area contributed by atoms with E-state index in [2.05, 4.69) is 37.2 Å². The number of aromatic hydroxyl groups is 4. The Morgan fingerprint density at radius 2 is 1.36 bits per heavy atom. The van der Waals surface area contributed by atoms with Gasteiger partial charge in [0.25, 0.3) is 0 Å². The zero-order chi connectivity index (χ0) is 58.6. The molecule has 0 aliphatic carbocycles. The number of unbranched alkanes of at least 4 members (excludes halogenated alkanes) is 1. The molecule has 0 saturated heterocycles. The quantitative estimate of drug-likeness (QED) is 0.0687. The van der Waals surface area contributed by atoms with Gasteiger partial charge in [0.2, 0.25) is 41.2 Å². The van der Waals surface area contributed by atoms with E-state index < -0.39 is 124 Å². The number of aliphatic hydroxyl groups excluding tert-OH is 1. The minimum Gasteiger partial charge on any atom is -0.508 e. The predicted molar refractivity (Wildman–Crippen MR) is 292 cm³/mol. The number of halogens is 2. The van der Waals surface area contributed by atoms with E-state index in [1.54, 1.807) is 13.1 Å². The zero-order valence-electron chi connectivity index (χ0n) is 44.1. The molecular weight excluding hydrogens is 1100 g/mol. The number of hydrogen-bond donors (Lipinski definition) is 13. The number of methoxy groups -OCH3 is 1. The van der Waals surface area contributed by atoms with Gasteiger partial charge in [-0.15, -0.1) is 0 Å². The Balaban J connectivity index is 1.35. The van der Waals surface area contributed by atoms with Gasteiger partial charge in [0.15, 0.2) is 17.5 Å². The van der Waals surface area contributed by atoms with Crippen molar-refractivity contribution in [1.82, 2.24) is 37.2 Å². The second-order valence-electron chi connectivity index (χ2n) is 20.1. The highest BCUT2D eigenvalue weighted by molar-refractivity contribution is 6.32. The van der Waals surface area contributed by atoms with Crippen LogP contribution in [0, 0.1) is 5.92 Å². The van der Waals surface area contributed by atoms with E-state index in [1.165, 1.54) is 54.6 Å². The third-order valence-electron chi connectivity index (χ3n) is 13.9. The van der Waals surface area contributed by atoms with Gasteiger partial charge in [-0.3, -0.25) is 28.8 Å². The number of nitrogens with two attached hydrogens (primary N) is 1. The Bertz CT molecular complexity index is 3310. The van der Waals surface area contributed by atoms with Crippen LogP contribution in [0.15, 0.2) is 78.9 Å². The standard InChI is InChI=1S/C56H60Cl2N8O15/c1-24(2)15-35(60-3)51(73)62-36-17-25-8-12-39(32(57)16-25)80-41-20-28-21-42(49(41)71)81-40-13-10-27(19-33(40)58)48(70)47-55(77)65-46(56(78)79-4)31-22-29(67)23-38(69)43(31)30-18-26(9-11-37(30)68)44(53(75)66-47)64-54(76)45(28)63-50(72)34(61-52(36)74)7-5-6-14-59/h8-13,16,18-24,34-36,44-48,60,67-71H,5-7,14-15,17,59H2,1-4H3,(H,61,74)(H,62,73)(H,63,72)(H,64,76)(H,65,77)(H,66,75)/t34-,35+,36+,44+,45+,46+,47-,48+/m0/s1. The predicted octanol–water partition coefficient (Wildman–Crippen LogP) is 4.25. The number of nitrogens with one attached hydrogen (secondary N) is 7. The summed E-state index contributed by atoms with van der Waals surface area (Å²) in [6, 6.07) is 4.56. The summed E-state index contributed by atoms with van der Waals surface area (Å²) >= 11 is 13.7. The van der Waals surface area contributed by atoms with E-state index in [1.807, 2.05) is 13.8 Å². The van der Waals surface area contributed by atoms with Gasteiger partial charge >= 0.3 is 5.97 Å². The summed E-state index contributed by atoms with van der Waals surface area (Å²) in [7, 11) is 2.60. The molecule has 0 spiro atoms. The normalized spacial score (nSPS) is 21.4. The van der Waals surface area contributed by atoms with Gasteiger partial charge in [0.05, 0.1) is 23.2 Å². The molecule has 11 bridgehead atoms. The SMILES string of the molecule is CN[C@H](CC(C)C)C(=O)N[C@@H]1Cc2ccc(c(Cl)c2)Oc2cc3cc(c2O)Oc2ccc(cc2Cl)[C@@H](O)[C@@H]2NC(=O)[C@H](NC(=O)[C@@H]3NC(=O)[C@H](CCCCN)NC1=O)c1ccc(O)c(c1)-c1c(O)cc(O)cc1[C@H](C(=O)OC)NC2=O. The van der Waals surface area contributed by atoms with Crippen LogP contribution >= 0.6 is 23.2 Å². The minimum atomic E-state index is -2.07. The van der Waals surface area contributed by atoms with Gasteiger partial charge < -0.3 is 82.7 Å². The molecule has 25 heteroatoms. The van der Waals surface area contributed by atoms with E-state index in [9.17, 15) is 44.7 Å². The van der Waals surface area contributed by atoms with Crippen LogP contribution in [0.3, 0.4) is 0 Å². The number of benzene rings is 5. The Kier molecular flexibility index (Phi) is 18.1. The second-order valence-corrected chi connectivity index (χ2v) is 20.9. The first kappa shape index (κ1) is 58.8. The van der Waals surface area contributed by atoms with E-state index in [4.69, 9.17) is 43.1 Å². The average Bonchev–Trinajstić information content (AvgIpc) is 3.61. The van der Waals surface area contributed by atoms with Crippen LogP contribution in [0.5, 0.6) is 46.0 Å². The van der Waals surface area contributed by atoms with Gasteiger partial charge in [-0.1, -0.05) is 55.2 Å². The van der Waals surface area contributed by atoms with Crippen LogP contribution in [0.4, 0.5) is 0 Å². The summed E-state index contributed by atoms with van der Waals surface area (Å²) in [5.74, 6) is -10.6. The summed E-state index contributed by atoms with van der Waals surface area (Å²) in [6.45, 7) is 4.07. The molecule has 0 fully saturated rings. The van der Waals surface area contributed by atoms with Crippen molar-refractivity contribution in [2.75, 3.05) is 20.7 Å². The van der Waals surface area contributed by atoms with Gasteiger partial charge in [-0.25, -0.2) is 4.79 Å². The molecule has 5 aromatic carbocycles. The maximum atomic E-state index is 15.5. The molecule has 14 N–H and O–H groups in total. The van der Waals surface area contributed by atoms with Crippen molar-refractivity contribution in [2.45, 2.75) is 94.3 Å². The fraction of sp³-hybridized carbons (Fsp3) is 0.339. The molecule has 81 heavy (non-hydrogen) atoms. The van der Waals surface area contributed by atoms with Crippen molar-refractivity contribution in [2.24, 2.45) is 11.7 Å². The number of carbonyl (C=O) groups excluding carboxylic acids is 7. The highest BCUT2D eigenvalue weighted by Gasteiger charge is 2.41. The molecule has 5 aliphatic rings. The van der Waals surface area contributed by atoms with Crippen LogP contribution < -0.4 is 52.4 Å². The number of carbonyl (C=O) groups is 7. The van der Waals surface area contributed by atoms with E-state index >= 15 is 14.4 Å². The monoisotopic (exact) mass is 1150 g/mol. The molecule has 10 rings (SSSR count). The zero-order valence-corrected chi connectivity index (χ0v) is 45.6. The van der Waals surface area contributed by atoms with Crippen molar-refractivity contribution >= 4 is 64.6 Å². The van der Waals surface area contributed by atoms with E-state index in [0.29, 0.717) is 18.4 Å². The van der Waals surface area contributed by atoms with Gasteiger partial charge in [0, 0.05) is 29.2 Å². The van der Waals surface area contributed by atoms with Gasteiger partial charge in [0.1, 0.15) is 65.1 Å². The number of hydrogen-bond acceptors (Lipinski definition) is 17. The van der Waals surface area contributed by atoms with Crippen molar-refractivity contribution in [1.29, 1.82) is 0 Å². The number of ether oxygens (including phenoxy) is 3. The van der Waals surface area contributed by atoms with Crippen molar-refractivity contribution in [3.05, 3.63) is 117 Å². The number of fused-ring (bicyclic) bond motifs is 15. The molecule has 23 nitrogen and oxygen atoms in total. The van der Waals surface area contributed by atoms with Crippen molar-refractivity contribution in [3.63, 3.8) is 0 Å². The first-order valence-corrected chi connectivity index (χ1v) is 26.5. The number of amides is 6. The number of phenols is 4. The molecule has 0 unspecified atom stereocenters. The summed E-state index contributed by atoms with van der Waals surface area (Å²) in [6.07, 6.45) is -1.15. The van der Waals surface area contributed by atoms with Crippen LogP contribution in [0.1, 0.15) is 91.6 Å². The minimum absolute atomic E-state index is 0.0264. The highest BCUT2D eigenvalue weighted by atomic mass is 35.5. The Labute approximate surface area is 473 Å². The van der Waals surface area contributed by atoms with E-state index in [0.717, 1.165) is 25.3 Å². The summed E-state index contributed by atoms with van der Waals surface area (Å²) in [4.78, 5) is 102. The van der Waals surface area contributed by atoms with Crippen LogP contribution in [0.25, 0.3) is 11.1 Å². The first-order chi connectivity index (χ1) is 38.6. The molecule has 5 aromatic rings. The number of aliphatic hydroxyl groups is 1. The van der Waals surface area contributed by atoms with Gasteiger partial charge in [-0.05, 0) is 122 Å². The molecule has 0 aromatic heterocycles. The summed E-state index contributed by atoms with van der Waals surface area (Å²) in [5.41, 5.74) is 4.89. The van der Waals surface area contributed by atoms with Gasteiger partial charge in [-0.2, -0.15) is 0 Å². The van der Waals surface area contributed by atoms with Crippen molar-refractivity contribution < 1.29 is 73.3 Å². The largest absolute Gasteiger partial charge is 0.508 e. The fourth-order valence-electron chi connectivity index (χ4n) is 9.77. The van der Waals surface area contributed by atoms with Crippen LogP contribution in [-0.2, 0) is 44.7 Å². The molecule has 0 saturated carbocycles. The molecule has 5 aliphatic heterocycles. The number of phenolic OH excluding ortho intramolecular Hbond substituents is 4. The van der Waals surface area contributed by atoms with Crippen LogP contribution in [0.2, 0.25) is 10.0 Å². The number of esters is 1. The lowest BCUT2D eigenvalue weighted by atomic mass is 9.89. The van der Waals surface area contributed by atoms with E-state index in [-0.39, 0.29) is 86.7 Å². The number of rotatable bonds is 10. The third kappa shape index (κ3) is 13.0. The third-order valence-corrected chi connectivity index (χ3v) is 14.5. The fourth-order valence-corrected chi connectivity index (χ4v) is 10.2. The molecular formula is C56H60Cl2N8O15. The Hall–Kier alpha value is -8.35. The van der Waals surface area contributed by atoms with Crippen LogP contribution in [-0.4, -0.2) is 112 Å². The maximum Gasteiger partial charge on any atom is 0.333 e. The topological polar surface area (TPSA) is 359 Å². The smallest absolute Gasteiger partial charge is 0.333 e. The number of likely N-dealkylation sites (N-methyl/N-ethyl adjacent to an activating group) is 1.